The van der Waals surface area contributed by atoms with Gasteiger partial charge in [-0.05, 0) is 12.8 Å². The molecule has 0 heterocycles. The molecule has 7 heteroatoms. The second-order valence-electron chi connectivity index (χ2n) is 5.67. The second-order valence-corrected chi connectivity index (χ2v) is 7.50. The minimum atomic E-state index is -4.49. The van der Waals surface area contributed by atoms with Crippen molar-refractivity contribution in [3.63, 3.8) is 0 Å². The molecule has 0 aliphatic rings. The Morgan fingerprint density at radius 1 is 1.24 bits per heavy atom. The van der Waals surface area contributed by atoms with Crippen molar-refractivity contribution in [1.29, 1.82) is 0 Å². The van der Waals surface area contributed by atoms with Gasteiger partial charge in [-0.15, -0.1) is 0 Å². The molecule has 0 bridgehead atoms. The van der Waals surface area contributed by atoms with E-state index in [1.165, 1.54) is 6.92 Å². The molecule has 2 atom stereocenters. The number of carboxylic acids is 1. The van der Waals surface area contributed by atoms with Gasteiger partial charge >= 0.3 is 5.97 Å². The van der Waals surface area contributed by atoms with Gasteiger partial charge in [0, 0.05) is 0 Å². The average Bonchev–Trinajstić information content (AvgIpc) is 1.97. The highest BCUT2D eigenvalue weighted by Gasteiger charge is 2.58. The molecule has 0 aromatic carbocycles. The SMILES string of the molecule is CC(C)C(C)(C(C(=O)O)[N+](C)(C)C)S(=O)(=O)O. The van der Waals surface area contributed by atoms with Crippen LogP contribution in [-0.2, 0) is 14.9 Å². The Morgan fingerprint density at radius 3 is 1.65 bits per heavy atom. The van der Waals surface area contributed by atoms with E-state index in [9.17, 15) is 22.9 Å². The minimum Gasteiger partial charge on any atom is -0.477 e. The number of carbonyl (C=O) groups is 1. The number of aliphatic carboxylic acids is 1. The molecule has 0 radical (unpaired) electrons. The first-order valence-corrected chi connectivity index (χ1v) is 6.71. The van der Waals surface area contributed by atoms with Crippen LogP contribution >= 0.6 is 0 Å². The summed E-state index contributed by atoms with van der Waals surface area (Å²) >= 11 is 0. The molecule has 0 saturated carbocycles. The molecule has 102 valence electrons. The molecule has 0 aromatic rings. The van der Waals surface area contributed by atoms with Gasteiger partial charge in [-0.3, -0.25) is 4.55 Å². The lowest BCUT2D eigenvalue weighted by Gasteiger charge is -2.42. The van der Waals surface area contributed by atoms with Gasteiger partial charge in [0.25, 0.3) is 10.1 Å². The van der Waals surface area contributed by atoms with E-state index in [0.29, 0.717) is 0 Å². The molecule has 2 unspecified atom stereocenters. The Bertz CT molecular complexity index is 395. The largest absolute Gasteiger partial charge is 0.477 e. The fourth-order valence-corrected chi connectivity index (χ4v) is 3.40. The highest BCUT2D eigenvalue weighted by atomic mass is 32.2. The summed E-state index contributed by atoms with van der Waals surface area (Å²) in [5.41, 5.74) is 0. The molecule has 0 aliphatic heterocycles. The summed E-state index contributed by atoms with van der Waals surface area (Å²) in [7, 11) is 0.276. The molecule has 6 nitrogen and oxygen atoms in total. The van der Waals surface area contributed by atoms with Crippen LogP contribution in [0.25, 0.3) is 0 Å². The topological polar surface area (TPSA) is 91.7 Å². The third kappa shape index (κ3) is 2.97. The van der Waals surface area contributed by atoms with Gasteiger partial charge in [0.2, 0.25) is 6.04 Å². The Hall–Kier alpha value is -0.660. The van der Waals surface area contributed by atoms with Crippen LogP contribution in [0.3, 0.4) is 0 Å². The van der Waals surface area contributed by atoms with Crippen molar-refractivity contribution in [2.75, 3.05) is 21.1 Å². The summed E-state index contributed by atoms with van der Waals surface area (Å²) in [4.78, 5) is 11.4. The van der Waals surface area contributed by atoms with Crippen LogP contribution in [-0.4, -0.2) is 60.5 Å². The minimum absolute atomic E-state index is 0.0934. The molecule has 0 saturated heterocycles. The summed E-state index contributed by atoms with van der Waals surface area (Å²) in [6.07, 6.45) is 0. The number of nitrogens with zero attached hydrogens (tertiary/aromatic N) is 1. The van der Waals surface area contributed by atoms with E-state index in [2.05, 4.69) is 0 Å². The lowest BCUT2D eigenvalue weighted by Crippen LogP contribution is -2.66. The highest BCUT2D eigenvalue weighted by molar-refractivity contribution is 7.87. The summed E-state index contributed by atoms with van der Waals surface area (Å²) in [6, 6.07) is -1.25. The van der Waals surface area contributed by atoms with Gasteiger partial charge < -0.3 is 9.59 Å². The Kier molecular flexibility index (Phi) is 4.37. The van der Waals surface area contributed by atoms with Crippen LogP contribution in [0.2, 0.25) is 0 Å². The van der Waals surface area contributed by atoms with Crippen molar-refractivity contribution in [1.82, 2.24) is 0 Å². The fraction of sp³-hybridized carbons (Fsp3) is 0.900. The molecule has 0 aliphatic carbocycles. The lowest BCUT2D eigenvalue weighted by molar-refractivity contribution is -0.889. The zero-order valence-corrected chi connectivity index (χ0v) is 11.9. The van der Waals surface area contributed by atoms with Gasteiger partial charge in [-0.2, -0.15) is 8.42 Å². The van der Waals surface area contributed by atoms with Crippen molar-refractivity contribution in [3.8, 4) is 0 Å². The standard InChI is InChI=1S/C10H21NO5S/c1-7(2)10(3,17(14,15)16)8(9(12)13)11(4,5)6/h7-8H,1-6H3,(H-,12,13,14,15,16)/p+1. The van der Waals surface area contributed by atoms with E-state index < -0.39 is 32.8 Å². The molecule has 2 N–H and O–H groups in total. The van der Waals surface area contributed by atoms with Gasteiger partial charge in [-0.25, -0.2) is 4.79 Å². The summed E-state index contributed by atoms with van der Waals surface area (Å²) in [5, 5.41) is 9.27. The van der Waals surface area contributed by atoms with Crippen molar-refractivity contribution in [2.45, 2.75) is 31.6 Å². The molecule has 17 heavy (non-hydrogen) atoms. The molecular formula is C10H22NO5S+. The predicted molar refractivity (Wildman–Crippen MR) is 64.2 cm³/mol. The van der Waals surface area contributed by atoms with E-state index >= 15 is 0 Å². The maximum absolute atomic E-state index is 11.6. The highest BCUT2D eigenvalue weighted by Crippen LogP contribution is 2.34. The molecular weight excluding hydrogens is 246 g/mol. The van der Waals surface area contributed by atoms with Crippen LogP contribution in [0.4, 0.5) is 0 Å². The summed E-state index contributed by atoms with van der Waals surface area (Å²) in [6.45, 7) is 4.44. The maximum Gasteiger partial charge on any atom is 0.364 e. The smallest absolute Gasteiger partial charge is 0.364 e. The first-order chi connectivity index (χ1) is 7.26. The molecule has 0 amide bonds. The third-order valence-electron chi connectivity index (χ3n) is 3.25. The van der Waals surface area contributed by atoms with Gasteiger partial charge in [0.1, 0.15) is 0 Å². The zero-order valence-electron chi connectivity index (χ0n) is 11.1. The van der Waals surface area contributed by atoms with Crippen LogP contribution in [0.15, 0.2) is 0 Å². The van der Waals surface area contributed by atoms with Crippen LogP contribution in [0.1, 0.15) is 20.8 Å². The number of carboxylic acid groups (broad SMARTS) is 1. The number of hydrogen-bond donors (Lipinski definition) is 2. The lowest BCUT2D eigenvalue weighted by atomic mass is 9.87. The van der Waals surface area contributed by atoms with Crippen molar-refractivity contribution >= 4 is 16.1 Å². The molecule has 0 fully saturated rings. The van der Waals surface area contributed by atoms with Crippen molar-refractivity contribution in [3.05, 3.63) is 0 Å². The number of rotatable bonds is 5. The van der Waals surface area contributed by atoms with Gasteiger partial charge in [0.05, 0.1) is 21.1 Å². The van der Waals surface area contributed by atoms with Crippen LogP contribution in [0.5, 0.6) is 0 Å². The quantitative estimate of drug-likeness (QED) is 0.558. The fourth-order valence-electron chi connectivity index (χ4n) is 2.10. The summed E-state index contributed by atoms with van der Waals surface area (Å²) in [5.74, 6) is -1.78. The van der Waals surface area contributed by atoms with E-state index in [0.717, 1.165) is 0 Å². The van der Waals surface area contributed by atoms with E-state index in [1.54, 1.807) is 35.0 Å². The monoisotopic (exact) mass is 268 g/mol. The van der Waals surface area contributed by atoms with Crippen LogP contribution in [0, 0.1) is 5.92 Å². The normalized spacial score (nSPS) is 18.8. The van der Waals surface area contributed by atoms with E-state index in [4.69, 9.17) is 0 Å². The van der Waals surface area contributed by atoms with E-state index in [1.807, 2.05) is 0 Å². The number of quaternary nitrogens is 1. The predicted octanol–water partition coefficient (Wildman–Crippen LogP) is 0.448. The zero-order chi connectivity index (χ0) is 14.2. The Labute approximate surface area is 103 Å². The number of hydrogen-bond acceptors (Lipinski definition) is 3. The summed E-state index contributed by atoms with van der Waals surface area (Å²) < 4.78 is 30.7. The Balaban J connectivity index is 6.02. The second kappa shape index (κ2) is 4.55. The third-order valence-corrected chi connectivity index (χ3v) is 5.06. The van der Waals surface area contributed by atoms with Crippen molar-refractivity contribution < 1.29 is 27.4 Å². The first kappa shape index (κ1) is 16.3. The first-order valence-electron chi connectivity index (χ1n) is 5.27. The molecule has 0 aromatic heterocycles. The Morgan fingerprint density at radius 2 is 1.59 bits per heavy atom. The average molecular weight is 268 g/mol. The van der Waals surface area contributed by atoms with Gasteiger partial charge in [-0.1, -0.05) is 13.8 Å². The van der Waals surface area contributed by atoms with Crippen molar-refractivity contribution in [2.24, 2.45) is 5.92 Å². The van der Waals surface area contributed by atoms with E-state index in [-0.39, 0.29) is 4.48 Å². The molecule has 0 rings (SSSR count). The number of likely N-dealkylation sites (N-methyl/N-ethyl adjacent to an activating group) is 1. The molecule has 0 spiro atoms. The maximum atomic E-state index is 11.6. The van der Waals surface area contributed by atoms with Gasteiger partial charge in [0.15, 0.2) is 4.75 Å². The van der Waals surface area contributed by atoms with Crippen LogP contribution < -0.4 is 0 Å².